The van der Waals surface area contributed by atoms with Gasteiger partial charge in [-0.1, -0.05) is 20.4 Å². The van der Waals surface area contributed by atoms with Crippen LogP contribution < -0.4 is 0 Å². The highest BCUT2D eigenvalue weighted by Gasteiger charge is 2.54. The molecule has 62 valence electrons. The van der Waals surface area contributed by atoms with Gasteiger partial charge in [-0.2, -0.15) is 0 Å². The molecule has 2 aliphatic rings. The average molecular weight is 154 g/mol. The Bertz CT molecular complexity index is 196. The summed E-state index contributed by atoms with van der Waals surface area (Å²) in [5.74, 6) is -0.352. The van der Waals surface area contributed by atoms with Crippen molar-refractivity contribution in [3.63, 3.8) is 0 Å². The molecule has 1 heterocycles. The van der Waals surface area contributed by atoms with Crippen LogP contribution in [0.15, 0.2) is 12.2 Å². The Kier molecular flexibility index (Phi) is 1.25. The second kappa shape index (κ2) is 1.87. The molecule has 0 unspecified atom stereocenters. The molecular formula is C9H14O2. The molecule has 0 atom stereocenters. The van der Waals surface area contributed by atoms with E-state index in [1.54, 1.807) is 0 Å². The van der Waals surface area contributed by atoms with Gasteiger partial charge in [-0.3, -0.25) is 0 Å². The zero-order valence-electron chi connectivity index (χ0n) is 7.14. The molecule has 0 aromatic rings. The molecule has 0 amide bonds. The number of rotatable bonds is 0. The molecule has 2 heteroatoms. The molecule has 11 heavy (non-hydrogen) atoms. The second-order valence-corrected chi connectivity index (χ2v) is 4.27. The summed E-state index contributed by atoms with van der Waals surface area (Å²) in [5.41, 5.74) is 1.27. The van der Waals surface area contributed by atoms with Crippen LogP contribution >= 0.6 is 0 Å². The Morgan fingerprint density at radius 2 is 1.73 bits per heavy atom. The molecule has 1 saturated carbocycles. The van der Waals surface area contributed by atoms with E-state index in [0.717, 1.165) is 25.2 Å². The average Bonchev–Trinajstić information content (AvgIpc) is 2.54. The van der Waals surface area contributed by atoms with Crippen LogP contribution in [0.5, 0.6) is 0 Å². The predicted molar refractivity (Wildman–Crippen MR) is 42.2 cm³/mol. The van der Waals surface area contributed by atoms with Gasteiger partial charge in [0.1, 0.15) is 0 Å². The molecule has 0 N–H and O–H groups in total. The van der Waals surface area contributed by atoms with E-state index < -0.39 is 0 Å². The molecule has 2 fully saturated rings. The van der Waals surface area contributed by atoms with E-state index in [1.165, 1.54) is 0 Å². The molecule has 1 spiro atoms. The van der Waals surface area contributed by atoms with Crippen molar-refractivity contribution in [1.82, 2.24) is 0 Å². The maximum absolute atomic E-state index is 5.58. The molecule has 0 bridgehead atoms. The summed E-state index contributed by atoms with van der Waals surface area (Å²) in [7, 11) is 0. The first kappa shape index (κ1) is 7.32. The highest BCUT2D eigenvalue weighted by Crippen LogP contribution is 2.49. The lowest BCUT2D eigenvalue weighted by Gasteiger charge is -2.34. The first-order valence-electron chi connectivity index (χ1n) is 4.00. The highest BCUT2D eigenvalue weighted by molar-refractivity contribution is 5.29. The Hall–Kier alpha value is -0.340. The van der Waals surface area contributed by atoms with Gasteiger partial charge in [-0.15, -0.1) is 0 Å². The lowest BCUT2D eigenvalue weighted by molar-refractivity contribution is -0.233. The number of hydrogen-bond acceptors (Lipinski definition) is 2. The van der Waals surface area contributed by atoms with Gasteiger partial charge in [0.25, 0.3) is 0 Å². The number of ether oxygens (including phenoxy) is 2. The SMILES string of the molecule is C=C1CC12OCC(C)(C)CO2. The Morgan fingerprint density at radius 3 is 2.09 bits per heavy atom. The summed E-state index contributed by atoms with van der Waals surface area (Å²) in [6.45, 7) is 9.70. The quantitative estimate of drug-likeness (QED) is 0.494. The van der Waals surface area contributed by atoms with Gasteiger partial charge in [0.2, 0.25) is 0 Å². The second-order valence-electron chi connectivity index (χ2n) is 4.27. The smallest absolute Gasteiger partial charge is 0.194 e. The van der Waals surface area contributed by atoms with E-state index in [2.05, 4.69) is 20.4 Å². The van der Waals surface area contributed by atoms with Crippen LogP contribution in [0.25, 0.3) is 0 Å². The van der Waals surface area contributed by atoms with Crippen molar-refractivity contribution in [3.8, 4) is 0 Å². The summed E-state index contributed by atoms with van der Waals surface area (Å²) in [4.78, 5) is 0. The van der Waals surface area contributed by atoms with Crippen molar-refractivity contribution in [2.24, 2.45) is 5.41 Å². The van der Waals surface area contributed by atoms with Crippen LogP contribution in [-0.4, -0.2) is 19.0 Å². The van der Waals surface area contributed by atoms with Crippen LogP contribution in [-0.2, 0) is 9.47 Å². The minimum Gasteiger partial charge on any atom is -0.345 e. The monoisotopic (exact) mass is 154 g/mol. The fraction of sp³-hybridized carbons (Fsp3) is 0.778. The normalized spacial score (nSPS) is 32.4. The molecule has 0 radical (unpaired) electrons. The Labute approximate surface area is 67.2 Å². The van der Waals surface area contributed by atoms with Gasteiger partial charge in [-0.25, -0.2) is 0 Å². The highest BCUT2D eigenvalue weighted by atomic mass is 16.7. The topological polar surface area (TPSA) is 18.5 Å². The summed E-state index contributed by atoms with van der Waals surface area (Å²) < 4.78 is 11.2. The predicted octanol–water partition coefficient (Wildman–Crippen LogP) is 1.72. The van der Waals surface area contributed by atoms with E-state index in [9.17, 15) is 0 Å². The summed E-state index contributed by atoms with van der Waals surface area (Å²) in [6, 6.07) is 0. The fourth-order valence-electron chi connectivity index (χ4n) is 1.25. The third-order valence-corrected chi connectivity index (χ3v) is 2.25. The molecular weight excluding hydrogens is 140 g/mol. The van der Waals surface area contributed by atoms with E-state index in [0.29, 0.717) is 0 Å². The van der Waals surface area contributed by atoms with Crippen molar-refractivity contribution in [1.29, 1.82) is 0 Å². The van der Waals surface area contributed by atoms with E-state index in [-0.39, 0.29) is 11.2 Å². The Balaban J connectivity index is 2.01. The molecule has 2 rings (SSSR count). The third-order valence-electron chi connectivity index (χ3n) is 2.25. The molecule has 2 nitrogen and oxygen atoms in total. The zero-order valence-corrected chi connectivity index (χ0v) is 7.14. The molecule has 1 saturated heterocycles. The lowest BCUT2D eigenvalue weighted by atomic mass is 9.95. The van der Waals surface area contributed by atoms with Crippen molar-refractivity contribution in [2.75, 3.05) is 13.2 Å². The van der Waals surface area contributed by atoms with E-state index >= 15 is 0 Å². The maximum atomic E-state index is 5.58. The maximum Gasteiger partial charge on any atom is 0.194 e. The van der Waals surface area contributed by atoms with Gasteiger partial charge < -0.3 is 9.47 Å². The minimum atomic E-state index is -0.352. The van der Waals surface area contributed by atoms with Crippen LogP contribution in [0.4, 0.5) is 0 Å². The van der Waals surface area contributed by atoms with Gasteiger partial charge in [0.15, 0.2) is 5.79 Å². The van der Waals surface area contributed by atoms with E-state index in [4.69, 9.17) is 9.47 Å². The largest absolute Gasteiger partial charge is 0.345 e. The molecule has 1 aliphatic carbocycles. The summed E-state index contributed by atoms with van der Waals surface area (Å²) in [6.07, 6.45) is 0.892. The molecule has 0 aromatic carbocycles. The van der Waals surface area contributed by atoms with Gasteiger partial charge in [0.05, 0.1) is 13.2 Å². The van der Waals surface area contributed by atoms with Crippen LogP contribution in [0.1, 0.15) is 20.3 Å². The molecule has 1 aliphatic heterocycles. The van der Waals surface area contributed by atoms with Gasteiger partial charge in [0, 0.05) is 11.8 Å². The van der Waals surface area contributed by atoms with Crippen molar-refractivity contribution in [3.05, 3.63) is 12.2 Å². The minimum absolute atomic E-state index is 0.175. The Morgan fingerprint density at radius 1 is 1.27 bits per heavy atom. The zero-order chi connectivity index (χ0) is 8.11. The third kappa shape index (κ3) is 1.10. The standard InChI is InChI=1S/C9H14O2/c1-7-4-9(7)10-5-8(2,3)6-11-9/h1,4-6H2,2-3H3. The summed E-state index contributed by atoms with van der Waals surface area (Å²) >= 11 is 0. The summed E-state index contributed by atoms with van der Waals surface area (Å²) in [5, 5.41) is 0. The van der Waals surface area contributed by atoms with Crippen LogP contribution in [0.2, 0.25) is 0 Å². The fourth-order valence-corrected chi connectivity index (χ4v) is 1.25. The van der Waals surface area contributed by atoms with Crippen LogP contribution in [0, 0.1) is 5.41 Å². The van der Waals surface area contributed by atoms with Crippen molar-refractivity contribution < 1.29 is 9.47 Å². The van der Waals surface area contributed by atoms with Gasteiger partial charge >= 0.3 is 0 Å². The van der Waals surface area contributed by atoms with Gasteiger partial charge in [-0.05, 0) is 5.57 Å². The number of hydrogen-bond donors (Lipinski definition) is 0. The first-order chi connectivity index (χ1) is 5.04. The lowest BCUT2D eigenvalue weighted by Crippen LogP contribution is -2.39. The van der Waals surface area contributed by atoms with E-state index in [1.807, 2.05) is 0 Å². The first-order valence-corrected chi connectivity index (χ1v) is 4.00. The molecule has 0 aromatic heterocycles. The van der Waals surface area contributed by atoms with Crippen LogP contribution in [0.3, 0.4) is 0 Å². The van der Waals surface area contributed by atoms with Crippen molar-refractivity contribution in [2.45, 2.75) is 26.1 Å². The van der Waals surface area contributed by atoms with Crippen molar-refractivity contribution >= 4 is 0 Å².